The highest BCUT2D eigenvalue weighted by Crippen LogP contribution is 2.49. The van der Waals surface area contributed by atoms with E-state index >= 15 is 0 Å². The maximum Gasteiger partial charge on any atom is 0.472 e. The van der Waals surface area contributed by atoms with E-state index in [9.17, 15) is 74.6 Å². The Balaban J connectivity index is 1.92. The molecule has 26 heteroatoms. The lowest BCUT2D eigenvalue weighted by Crippen LogP contribution is -2.70. The number of esters is 4. The summed E-state index contributed by atoms with van der Waals surface area (Å²) in [5.74, 6) is -3.00. The molecule has 18 unspecified atom stereocenters. The molecule has 2 aliphatic heterocycles. The molecule has 0 bridgehead atoms. The number of aliphatic hydroxyl groups excluding tert-OH is 9. The summed E-state index contributed by atoms with van der Waals surface area (Å²) in [6.07, 6.45) is 29.0. The van der Waals surface area contributed by atoms with Crippen LogP contribution in [0.2, 0.25) is 0 Å². The molecule has 3 aliphatic rings. The van der Waals surface area contributed by atoms with Crippen LogP contribution in [0.4, 0.5) is 0 Å². The molecule has 0 amide bonds. The Bertz CT molecular complexity index is 2510. The van der Waals surface area contributed by atoms with E-state index in [4.69, 9.17) is 46.9 Å². The van der Waals surface area contributed by atoms with Crippen molar-refractivity contribution in [2.24, 2.45) is 0 Å². The van der Waals surface area contributed by atoms with E-state index in [1.165, 1.54) is 180 Å². The first kappa shape index (κ1) is 107. The number of unbranched alkanes of at least 4 members (excludes halogenated alkanes) is 47. The number of hydrogen-bond donors (Lipinski definition) is 10. The first-order valence-corrected chi connectivity index (χ1v) is 48.1. The van der Waals surface area contributed by atoms with Crippen molar-refractivity contribution >= 4 is 31.7 Å². The lowest BCUT2D eigenvalue weighted by molar-refractivity contribution is -0.360. The van der Waals surface area contributed by atoms with E-state index in [0.29, 0.717) is 32.1 Å². The Kier molecular flexibility index (Phi) is 64.1. The largest absolute Gasteiger partial charge is 0.472 e. The van der Waals surface area contributed by atoms with Crippen molar-refractivity contribution in [3.8, 4) is 0 Å². The van der Waals surface area contributed by atoms with Gasteiger partial charge < -0.3 is 88.7 Å². The first-order chi connectivity index (χ1) is 56.2. The molecule has 2 heterocycles. The third kappa shape index (κ3) is 49.3. The Morgan fingerprint density at radius 2 is 0.647 bits per heavy atom. The quantitative estimate of drug-likeness (QED) is 0.00889. The number of allylic oxidation sites excluding steroid dienone is 4. The van der Waals surface area contributed by atoms with Gasteiger partial charge in [-0.3, -0.25) is 28.2 Å². The Morgan fingerprint density at radius 1 is 0.336 bits per heavy atom. The number of carbonyl (C=O) groups excluding carboxylic acids is 4. The standard InChI is InChI=1S/C90H165O25P/c1-5-9-13-17-21-25-29-33-35-37-40-43-47-51-55-59-63-74(93)107-69-72-78(97)80(99)84(103)90(111-72)114-87-85(112-76(95)65-61-57-53-49-44-39-32-28-24-20-16-12-8-4)81(100)82(101)86(113-89-83(102)79(98)77(96)71(66-91)110-89)88(87)115-116(104,105)108-68-70(67-106-73(92)62-58-54-50-46-42-38-31-27-23-19-15-11-7-3)109-75(94)64-60-56-52-48-45-41-36-34-30-26-22-18-14-10-6-2/h38-39,42,44,70-72,77-91,96-103H,5-37,40-41,43,45-69H2,1-4H3,(H,104,105)/b42-38-,44-39-. The van der Waals surface area contributed by atoms with Gasteiger partial charge in [0.15, 0.2) is 24.8 Å². The number of hydrogen-bond acceptors (Lipinski definition) is 24. The summed E-state index contributed by atoms with van der Waals surface area (Å²) in [5.41, 5.74) is 0. The maximum absolute atomic E-state index is 14.9. The van der Waals surface area contributed by atoms with Crippen LogP contribution in [0.15, 0.2) is 24.3 Å². The van der Waals surface area contributed by atoms with Gasteiger partial charge in [0.2, 0.25) is 0 Å². The maximum atomic E-state index is 14.9. The van der Waals surface area contributed by atoms with Crippen LogP contribution in [0.1, 0.15) is 394 Å². The van der Waals surface area contributed by atoms with Crippen molar-refractivity contribution in [3.63, 3.8) is 0 Å². The summed E-state index contributed by atoms with van der Waals surface area (Å²) in [5, 5.41) is 102. The van der Waals surface area contributed by atoms with Crippen molar-refractivity contribution in [1.29, 1.82) is 0 Å². The summed E-state index contributed by atoms with van der Waals surface area (Å²) in [6.45, 7) is 5.56. The van der Waals surface area contributed by atoms with E-state index in [1.54, 1.807) is 0 Å². The van der Waals surface area contributed by atoms with Crippen LogP contribution in [0.25, 0.3) is 0 Å². The molecule has 1 saturated carbocycles. The van der Waals surface area contributed by atoms with Crippen LogP contribution >= 0.6 is 7.82 Å². The summed E-state index contributed by atoms with van der Waals surface area (Å²) in [4.78, 5) is 66.4. The average molecular weight is 1680 g/mol. The highest BCUT2D eigenvalue weighted by Gasteiger charge is 2.60. The van der Waals surface area contributed by atoms with Crippen molar-refractivity contribution in [2.45, 2.75) is 498 Å². The van der Waals surface area contributed by atoms with Gasteiger partial charge in [0.25, 0.3) is 0 Å². The van der Waals surface area contributed by atoms with Gasteiger partial charge in [-0.15, -0.1) is 0 Å². The Labute approximate surface area is 698 Å². The topological polar surface area (TPSA) is 380 Å². The SMILES string of the molecule is CCCCCCCC/C=C\CCCCCC(=O)OCC(COP(=O)(O)OC1C(OC2OC(CO)C(O)C(O)C2O)C(O)C(O)C(OC(=O)CCCCC/C=C\CCCCCCCC)C1OC1OC(COC(=O)CCCCCCCCCCCCCCCCCC)C(O)C(O)C1O)OC(=O)CCCCCCCCCCCCCCCCC. The number of aliphatic hydroxyl groups is 9. The molecule has 10 N–H and O–H groups in total. The van der Waals surface area contributed by atoms with E-state index in [0.717, 1.165) is 122 Å². The van der Waals surface area contributed by atoms with Crippen LogP contribution in [0, 0.1) is 0 Å². The zero-order valence-corrected chi connectivity index (χ0v) is 73.2. The minimum Gasteiger partial charge on any atom is -0.463 e. The van der Waals surface area contributed by atoms with Gasteiger partial charge in [0.1, 0.15) is 92.6 Å². The molecule has 0 aromatic rings. The molecule has 1 aliphatic carbocycles. The van der Waals surface area contributed by atoms with E-state index < -0.39 is 162 Å². The molecule has 116 heavy (non-hydrogen) atoms. The molecular formula is C90H165O25P. The smallest absolute Gasteiger partial charge is 0.463 e. The lowest BCUT2D eigenvalue weighted by atomic mass is 9.84. The molecule has 25 nitrogen and oxygen atoms in total. The van der Waals surface area contributed by atoms with Gasteiger partial charge >= 0.3 is 31.7 Å². The fourth-order valence-corrected chi connectivity index (χ4v) is 16.2. The van der Waals surface area contributed by atoms with Gasteiger partial charge in [0, 0.05) is 25.7 Å². The van der Waals surface area contributed by atoms with Crippen molar-refractivity contribution in [2.75, 3.05) is 26.4 Å². The van der Waals surface area contributed by atoms with Crippen LogP contribution in [-0.4, -0.2) is 205 Å². The van der Waals surface area contributed by atoms with Gasteiger partial charge in [-0.05, 0) is 77.0 Å². The Hall–Kier alpha value is -3.05. The van der Waals surface area contributed by atoms with Crippen LogP contribution in [0.3, 0.4) is 0 Å². The highest BCUT2D eigenvalue weighted by molar-refractivity contribution is 7.47. The van der Waals surface area contributed by atoms with E-state index in [1.807, 2.05) is 0 Å². The summed E-state index contributed by atoms with van der Waals surface area (Å²) < 4.78 is 73.3. The molecule has 3 fully saturated rings. The summed E-state index contributed by atoms with van der Waals surface area (Å²) in [6, 6.07) is 0. The fourth-order valence-electron chi connectivity index (χ4n) is 15.2. The van der Waals surface area contributed by atoms with Crippen LogP contribution in [0.5, 0.6) is 0 Å². The van der Waals surface area contributed by atoms with Crippen LogP contribution in [-0.2, 0) is 70.7 Å². The third-order valence-corrected chi connectivity index (χ3v) is 23.7. The minimum absolute atomic E-state index is 0.0143. The zero-order chi connectivity index (χ0) is 84.7. The van der Waals surface area contributed by atoms with Crippen molar-refractivity contribution in [3.05, 3.63) is 24.3 Å². The molecule has 2 saturated heterocycles. The summed E-state index contributed by atoms with van der Waals surface area (Å²) in [7, 11) is -5.81. The fraction of sp³-hybridized carbons (Fsp3) is 0.911. The van der Waals surface area contributed by atoms with Crippen LogP contribution < -0.4 is 0 Å². The normalized spacial score (nSPS) is 25.2. The predicted molar refractivity (Wildman–Crippen MR) is 449 cm³/mol. The summed E-state index contributed by atoms with van der Waals surface area (Å²) >= 11 is 0. The average Bonchev–Trinajstić information content (AvgIpc) is 0.754. The molecule has 3 rings (SSSR count). The highest BCUT2D eigenvalue weighted by atomic mass is 31.2. The molecule has 0 aromatic heterocycles. The number of rotatable bonds is 75. The first-order valence-electron chi connectivity index (χ1n) is 46.6. The van der Waals surface area contributed by atoms with Gasteiger partial charge in [-0.2, -0.15) is 0 Å². The zero-order valence-electron chi connectivity index (χ0n) is 72.3. The second kappa shape index (κ2) is 69.4. The van der Waals surface area contributed by atoms with Gasteiger partial charge in [0.05, 0.1) is 13.2 Å². The van der Waals surface area contributed by atoms with E-state index in [-0.39, 0.29) is 32.1 Å². The number of carbonyl (C=O) groups is 4. The monoisotopic (exact) mass is 1680 g/mol. The molecule has 0 spiro atoms. The van der Waals surface area contributed by atoms with Gasteiger partial charge in [-0.25, -0.2) is 4.57 Å². The Morgan fingerprint density at radius 3 is 1.03 bits per heavy atom. The molecular weight excluding hydrogens is 1510 g/mol. The van der Waals surface area contributed by atoms with E-state index in [2.05, 4.69) is 52.0 Å². The van der Waals surface area contributed by atoms with Crippen molar-refractivity contribution < 1.29 is 122 Å². The van der Waals surface area contributed by atoms with Gasteiger partial charge in [-0.1, -0.05) is 315 Å². The molecule has 0 aromatic carbocycles. The minimum atomic E-state index is -5.81. The number of phosphoric ester groups is 1. The molecule has 680 valence electrons. The number of ether oxygens (including phenoxy) is 8. The third-order valence-electron chi connectivity index (χ3n) is 22.7. The van der Waals surface area contributed by atoms with Crippen molar-refractivity contribution in [1.82, 2.24) is 0 Å². The number of phosphoric acid groups is 1. The second-order valence-corrected chi connectivity index (χ2v) is 34.6. The molecule has 18 atom stereocenters. The molecule has 0 radical (unpaired) electrons. The second-order valence-electron chi connectivity index (χ2n) is 33.2. The lowest BCUT2D eigenvalue weighted by Gasteiger charge is -2.50. The predicted octanol–water partition coefficient (Wildman–Crippen LogP) is 16.9.